The predicted octanol–water partition coefficient (Wildman–Crippen LogP) is 0.864. The molecule has 2 N–H and O–H groups in total. The zero-order chi connectivity index (χ0) is 13.9. The lowest BCUT2D eigenvalue weighted by molar-refractivity contribution is 0.393. The predicted molar refractivity (Wildman–Crippen MR) is 71.7 cm³/mol. The summed E-state index contributed by atoms with van der Waals surface area (Å²) < 4.78 is 26.4. The van der Waals surface area contributed by atoms with Crippen molar-refractivity contribution in [3.05, 3.63) is 29.8 Å². The molecule has 1 aromatic carbocycles. The molecule has 1 heterocycles. The fourth-order valence-corrected chi connectivity index (χ4v) is 4.07. The molecule has 102 valence electrons. The summed E-state index contributed by atoms with van der Waals surface area (Å²) in [5.41, 5.74) is 6.44. The van der Waals surface area contributed by atoms with Crippen LogP contribution in [-0.2, 0) is 16.4 Å². The Hall–Kier alpha value is -1.42. The molecule has 0 radical (unpaired) electrons. The molecule has 1 fully saturated rings. The van der Waals surface area contributed by atoms with Gasteiger partial charge in [0.15, 0.2) is 0 Å². The first-order valence-electron chi connectivity index (χ1n) is 6.27. The number of nitrogens with zero attached hydrogens (tertiary/aromatic N) is 2. The fourth-order valence-electron chi connectivity index (χ4n) is 2.37. The van der Waals surface area contributed by atoms with Crippen LogP contribution in [0.2, 0.25) is 0 Å². The first-order chi connectivity index (χ1) is 9.09. The zero-order valence-electron chi connectivity index (χ0n) is 10.6. The van der Waals surface area contributed by atoms with Crippen molar-refractivity contribution in [2.75, 3.05) is 13.1 Å². The van der Waals surface area contributed by atoms with E-state index in [1.807, 2.05) is 6.07 Å². The van der Waals surface area contributed by atoms with Crippen LogP contribution in [0.25, 0.3) is 0 Å². The first-order valence-corrected chi connectivity index (χ1v) is 7.71. The minimum atomic E-state index is -3.46. The van der Waals surface area contributed by atoms with E-state index >= 15 is 0 Å². The molecule has 6 heteroatoms. The van der Waals surface area contributed by atoms with Gasteiger partial charge in [0.25, 0.3) is 0 Å². The van der Waals surface area contributed by atoms with E-state index in [-0.39, 0.29) is 17.4 Å². The molecule has 1 aliphatic rings. The first kappa shape index (κ1) is 14.0. The van der Waals surface area contributed by atoms with Crippen LogP contribution < -0.4 is 5.73 Å². The Bertz CT molecular complexity index is 575. The maximum absolute atomic E-state index is 12.5. The molecule has 1 atom stereocenters. The van der Waals surface area contributed by atoms with Crippen molar-refractivity contribution in [2.45, 2.75) is 30.2 Å². The van der Waals surface area contributed by atoms with E-state index in [2.05, 4.69) is 0 Å². The molecule has 0 amide bonds. The minimum Gasteiger partial charge on any atom is -0.329 e. The lowest BCUT2D eigenvalue weighted by atomic mass is 10.2. The highest BCUT2D eigenvalue weighted by atomic mass is 32.2. The number of rotatable bonds is 4. The molecule has 5 nitrogen and oxygen atoms in total. The van der Waals surface area contributed by atoms with Crippen molar-refractivity contribution in [2.24, 2.45) is 5.73 Å². The third-order valence-corrected chi connectivity index (χ3v) is 5.37. The Morgan fingerprint density at radius 2 is 2.05 bits per heavy atom. The molecule has 0 spiro atoms. The summed E-state index contributed by atoms with van der Waals surface area (Å²) in [5, 5.41) is 8.60. The molecule has 0 bridgehead atoms. The zero-order valence-corrected chi connectivity index (χ0v) is 11.4. The van der Waals surface area contributed by atoms with Crippen LogP contribution in [0.1, 0.15) is 18.4 Å². The molecular weight excluding hydrogens is 262 g/mol. The Morgan fingerprint density at radius 1 is 1.37 bits per heavy atom. The van der Waals surface area contributed by atoms with E-state index in [0.29, 0.717) is 13.1 Å². The van der Waals surface area contributed by atoms with Gasteiger partial charge in [0, 0.05) is 19.1 Å². The molecule has 1 aromatic rings. The van der Waals surface area contributed by atoms with Crippen molar-refractivity contribution < 1.29 is 8.42 Å². The number of sulfonamides is 1. The van der Waals surface area contributed by atoms with Gasteiger partial charge in [-0.25, -0.2) is 8.42 Å². The number of nitriles is 1. The SMILES string of the molecule is N#CCc1ccc(S(=O)(=O)N2CCCC2CN)cc1. The van der Waals surface area contributed by atoms with E-state index in [9.17, 15) is 8.42 Å². The quantitative estimate of drug-likeness (QED) is 0.885. The molecule has 0 aromatic heterocycles. The van der Waals surface area contributed by atoms with E-state index < -0.39 is 10.0 Å². The average molecular weight is 279 g/mol. The maximum Gasteiger partial charge on any atom is 0.243 e. The largest absolute Gasteiger partial charge is 0.329 e. The van der Waals surface area contributed by atoms with E-state index in [1.54, 1.807) is 24.3 Å². The second kappa shape index (κ2) is 5.70. The molecule has 0 saturated carbocycles. The summed E-state index contributed by atoms with van der Waals surface area (Å²) in [4.78, 5) is 0.273. The number of benzene rings is 1. The van der Waals surface area contributed by atoms with E-state index in [4.69, 9.17) is 11.0 Å². The van der Waals surface area contributed by atoms with Gasteiger partial charge in [-0.05, 0) is 30.5 Å². The molecule has 1 aliphatic heterocycles. The Kier molecular flexibility index (Phi) is 4.20. The van der Waals surface area contributed by atoms with Gasteiger partial charge in [0.05, 0.1) is 17.4 Å². The normalized spacial score (nSPS) is 20.3. The molecular formula is C13H17N3O2S. The second-order valence-corrected chi connectivity index (χ2v) is 6.52. The van der Waals surface area contributed by atoms with Crippen LogP contribution in [0.5, 0.6) is 0 Å². The molecule has 1 saturated heterocycles. The maximum atomic E-state index is 12.5. The average Bonchev–Trinajstić information content (AvgIpc) is 2.89. The topological polar surface area (TPSA) is 87.2 Å². The van der Waals surface area contributed by atoms with Gasteiger partial charge in [0.1, 0.15) is 0 Å². The summed E-state index contributed by atoms with van der Waals surface area (Å²) in [6.45, 7) is 0.885. The van der Waals surface area contributed by atoms with Crippen LogP contribution in [0.4, 0.5) is 0 Å². The van der Waals surface area contributed by atoms with Gasteiger partial charge in [-0.15, -0.1) is 0 Å². The van der Waals surface area contributed by atoms with Gasteiger partial charge in [0.2, 0.25) is 10.0 Å². The minimum absolute atomic E-state index is 0.0937. The molecule has 2 rings (SSSR count). The van der Waals surface area contributed by atoms with Gasteiger partial charge in [-0.2, -0.15) is 9.57 Å². The second-order valence-electron chi connectivity index (χ2n) is 4.63. The summed E-state index contributed by atoms with van der Waals surface area (Å²) >= 11 is 0. The van der Waals surface area contributed by atoms with Crippen molar-refractivity contribution in [1.29, 1.82) is 5.26 Å². The lowest BCUT2D eigenvalue weighted by Gasteiger charge is -2.22. The third-order valence-electron chi connectivity index (χ3n) is 3.41. The standard InChI is InChI=1S/C13H17N3O2S/c14-8-7-11-3-5-13(6-4-11)19(17,18)16-9-1-2-12(16)10-15/h3-6,12H,1-2,7,9-10,15H2. The Morgan fingerprint density at radius 3 is 2.63 bits per heavy atom. The smallest absolute Gasteiger partial charge is 0.243 e. The Balaban J connectivity index is 2.27. The van der Waals surface area contributed by atoms with E-state index in [1.165, 1.54) is 4.31 Å². The highest BCUT2D eigenvalue weighted by Gasteiger charge is 2.34. The Labute approximate surface area is 113 Å². The summed E-state index contributed by atoms with van der Waals surface area (Å²) in [6.07, 6.45) is 1.96. The van der Waals surface area contributed by atoms with Crippen LogP contribution >= 0.6 is 0 Å². The van der Waals surface area contributed by atoms with Gasteiger partial charge in [-0.3, -0.25) is 0 Å². The summed E-state index contributed by atoms with van der Waals surface area (Å²) in [6, 6.07) is 8.44. The molecule has 0 aliphatic carbocycles. The summed E-state index contributed by atoms with van der Waals surface area (Å²) in [7, 11) is -3.46. The lowest BCUT2D eigenvalue weighted by Crippen LogP contribution is -2.39. The summed E-state index contributed by atoms with van der Waals surface area (Å²) in [5.74, 6) is 0. The fraction of sp³-hybridized carbons (Fsp3) is 0.462. The van der Waals surface area contributed by atoms with Crippen LogP contribution in [0.15, 0.2) is 29.2 Å². The van der Waals surface area contributed by atoms with Crippen molar-refractivity contribution in [3.8, 4) is 6.07 Å². The van der Waals surface area contributed by atoms with Gasteiger partial charge >= 0.3 is 0 Å². The van der Waals surface area contributed by atoms with Crippen LogP contribution in [0.3, 0.4) is 0 Å². The van der Waals surface area contributed by atoms with Crippen molar-refractivity contribution in [3.63, 3.8) is 0 Å². The number of nitrogens with two attached hydrogens (primary N) is 1. The monoisotopic (exact) mass is 279 g/mol. The number of hydrogen-bond acceptors (Lipinski definition) is 4. The van der Waals surface area contributed by atoms with Gasteiger partial charge < -0.3 is 5.73 Å². The number of hydrogen-bond donors (Lipinski definition) is 1. The van der Waals surface area contributed by atoms with E-state index in [0.717, 1.165) is 18.4 Å². The molecule has 19 heavy (non-hydrogen) atoms. The molecule has 1 unspecified atom stereocenters. The van der Waals surface area contributed by atoms with Gasteiger partial charge in [-0.1, -0.05) is 12.1 Å². The van der Waals surface area contributed by atoms with Crippen molar-refractivity contribution >= 4 is 10.0 Å². The van der Waals surface area contributed by atoms with Crippen LogP contribution in [0, 0.1) is 11.3 Å². The van der Waals surface area contributed by atoms with Crippen LogP contribution in [-0.4, -0.2) is 31.9 Å². The third kappa shape index (κ3) is 2.78. The highest BCUT2D eigenvalue weighted by Crippen LogP contribution is 2.25. The van der Waals surface area contributed by atoms with Crippen molar-refractivity contribution in [1.82, 2.24) is 4.31 Å². The highest BCUT2D eigenvalue weighted by molar-refractivity contribution is 7.89.